The molecule has 1 heterocycles. The maximum Gasteiger partial charge on any atom is 0.328 e. The Hall–Kier alpha value is -2.28. The van der Waals surface area contributed by atoms with Crippen LogP contribution >= 0.6 is 0 Å². The summed E-state index contributed by atoms with van der Waals surface area (Å²) < 4.78 is 4.81. The number of methoxy groups -OCH3 is 1. The van der Waals surface area contributed by atoms with Crippen molar-refractivity contribution < 1.29 is 14.6 Å². The van der Waals surface area contributed by atoms with Crippen LogP contribution in [0.2, 0.25) is 0 Å². The number of benzene rings is 1. The maximum absolute atomic E-state index is 10.9. The predicted molar refractivity (Wildman–Crippen MR) is 64.3 cm³/mol. The highest BCUT2D eigenvalue weighted by Gasteiger charge is 2.18. The molecular weight excluding hydrogens is 236 g/mol. The summed E-state index contributed by atoms with van der Waals surface area (Å²) in [7, 11) is 1.43. The smallest absolute Gasteiger partial charge is 0.328 e. The number of carboxylic acid groups (broad SMARTS) is 1. The average molecular weight is 248 g/mol. The number of hydrogen-bond acceptors (Lipinski definition) is 6. The van der Waals surface area contributed by atoms with Gasteiger partial charge in [-0.1, -0.05) is 12.1 Å². The van der Waals surface area contributed by atoms with Crippen LogP contribution in [-0.2, 0) is 9.53 Å². The first-order valence-corrected chi connectivity index (χ1v) is 5.28. The van der Waals surface area contributed by atoms with Gasteiger partial charge in [-0.2, -0.15) is 0 Å². The third-order valence-corrected chi connectivity index (χ3v) is 2.30. The van der Waals surface area contributed by atoms with Crippen LogP contribution in [-0.4, -0.2) is 46.0 Å². The van der Waals surface area contributed by atoms with Gasteiger partial charge in [-0.3, -0.25) is 0 Å². The van der Waals surface area contributed by atoms with Crippen molar-refractivity contribution >= 4 is 23.0 Å². The molecule has 0 radical (unpaired) electrons. The van der Waals surface area contributed by atoms with Gasteiger partial charge < -0.3 is 15.2 Å². The van der Waals surface area contributed by atoms with Gasteiger partial charge in [-0.25, -0.2) is 9.78 Å². The van der Waals surface area contributed by atoms with Crippen LogP contribution in [0.1, 0.15) is 0 Å². The Morgan fingerprint density at radius 2 is 2.11 bits per heavy atom. The lowest BCUT2D eigenvalue weighted by Gasteiger charge is -2.12. The molecule has 0 spiro atoms. The molecule has 0 aliphatic carbocycles. The van der Waals surface area contributed by atoms with Crippen molar-refractivity contribution in [3.63, 3.8) is 0 Å². The van der Waals surface area contributed by atoms with E-state index in [1.165, 1.54) is 7.11 Å². The lowest BCUT2D eigenvalue weighted by atomic mass is 10.3. The zero-order valence-corrected chi connectivity index (χ0v) is 9.70. The molecule has 1 atom stereocenters. The van der Waals surface area contributed by atoms with E-state index in [0.717, 1.165) is 0 Å². The van der Waals surface area contributed by atoms with Crippen molar-refractivity contribution in [2.24, 2.45) is 0 Å². The first-order valence-electron chi connectivity index (χ1n) is 5.28. The maximum atomic E-state index is 10.9. The summed E-state index contributed by atoms with van der Waals surface area (Å²) in [6, 6.07) is 6.31. The molecule has 2 rings (SSSR count). The summed E-state index contributed by atoms with van der Waals surface area (Å²) in [6.07, 6.45) is 0. The Bertz CT molecular complexity index is 561. The Labute approximate surface area is 103 Å². The standard InChI is InChI=1S/C11H12N4O3/c1-18-6-9(10(16)17)13-11-12-7-4-2-3-5-8(7)14-15-11/h2-5,9H,6H2,1H3,(H,16,17)(H,12,13,15). The number of aromatic nitrogens is 3. The summed E-state index contributed by atoms with van der Waals surface area (Å²) >= 11 is 0. The summed E-state index contributed by atoms with van der Waals surface area (Å²) in [5, 5.41) is 19.4. The van der Waals surface area contributed by atoms with Gasteiger partial charge in [0.2, 0.25) is 5.95 Å². The van der Waals surface area contributed by atoms with Gasteiger partial charge in [-0.15, -0.1) is 10.2 Å². The molecule has 0 saturated carbocycles. The summed E-state index contributed by atoms with van der Waals surface area (Å²) in [5.74, 6) is -0.869. The fraction of sp³-hybridized carbons (Fsp3) is 0.273. The number of anilines is 1. The second-order valence-corrected chi connectivity index (χ2v) is 3.61. The highest BCUT2D eigenvalue weighted by Crippen LogP contribution is 2.09. The second kappa shape index (κ2) is 5.37. The van der Waals surface area contributed by atoms with Crippen molar-refractivity contribution in [3.05, 3.63) is 24.3 Å². The number of fused-ring (bicyclic) bond motifs is 1. The molecule has 7 nitrogen and oxygen atoms in total. The van der Waals surface area contributed by atoms with Gasteiger partial charge in [-0.05, 0) is 12.1 Å². The number of nitrogens with one attached hydrogen (secondary N) is 1. The Kier molecular flexibility index (Phi) is 3.63. The van der Waals surface area contributed by atoms with Crippen molar-refractivity contribution in [3.8, 4) is 0 Å². The number of ether oxygens (including phenoxy) is 1. The Balaban J connectivity index is 2.22. The van der Waals surface area contributed by atoms with Crippen molar-refractivity contribution in [1.82, 2.24) is 15.2 Å². The fourth-order valence-corrected chi connectivity index (χ4v) is 1.44. The van der Waals surface area contributed by atoms with Gasteiger partial charge >= 0.3 is 5.97 Å². The molecule has 94 valence electrons. The van der Waals surface area contributed by atoms with E-state index in [1.54, 1.807) is 12.1 Å². The molecule has 0 aliphatic heterocycles. The summed E-state index contributed by atoms with van der Waals surface area (Å²) in [5.41, 5.74) is 1.30. The molecule has 0 amide bonds. The quantitative estimate of drug-likeness (QED) is 0.796. The number of nitrogens with zero attached hydrogens (tertiary/aromatic N) is 3. The zero-order chi connectivity index (χ0) is 13.0. The third-order valence-electron chi connectivity index (χ3n) is 2.30. The van der Waals surface area contributed by atoms with E-state index in [1.807, 2.05) is 12.1 Å². The second-order valence-electron chi connectivity index (χ2n) is 3.61. The van der Waals surface area contributed by atoms with E-state index >= 15 is 0 Å². The first kappa shape index (κ1) is 12.2. The summed E-state index contributed by atoms with van der Waals surface area (Å²) in [6.45, 7) is 0.0194. The van der Waals surface area contributed by atoms with Crippen LogP contribution in [0.4, 0.5) is 5.95 Å². The lowest BCUT2D eigenvalue weighted by Crippen LogP contribution is -2.34. The highest BCUT2D eigenvalue weighted by atomic mass is 16.5. The third kappa shape index (κ3) is 2.69. The zero-order valence-electron chi connectivity index (χ0n) is 9.70. The normalized spacial score (nSPS) is 12.3. The van der Waals surface area contributed by atoms with Gasteiger partial charge in [0, 0.05) is 7.11 Å². The minimum absolute atomic E-state index is 0.0194. The molecule has 1 unspecified atom stereocenters. The molecular formula is C11H12N4O3. The minimum Gasteiger partial charge on any atom is -0.480 e. The molecule has 0 bridgehead atoms. The topological polar surface area (TPSA) is 97.2 Å². The molecule has 1 aromatic carbocycles. The number of rotatable bonds is 5. The molecule has 2 aromatic rings. The van der Waals surface area contributed by atoms with Gasteiger partial charge in [0.05, 0.1) is 12.1 Å². The number of carbonyl (C=O) groups is 1. The van der Waals surface area contributed by atoms with Crippen LogP contribution in [0.5, 0.6) is 0 Å². The Morgan fingerprint density at radius 1 is 1.39 bits per heavy atom. The number of para-hydroxylation sites is 1. The highest BCUT2D eigenvalue weighted by molar-refractivity contribution is 5.78. The molecule has 18 heavy (non-hydrogen) atoms. The van der Waals surface area contributed by atoms with E-state index < -0.39 is 12.0 Å². The lowest BCUT2D eigenvalue weighted by molar-refractivity contribution is -0.139. The van der Waals surface area contributed by atoms with Crippen molar-refractivity contribution in [1.29, 1.82) is 0 Å². The Morgan fingerprint density at radius 3 is 2.78 bits per heavy atom. The van der Waals surface area contributed by atoms with Gasteiger partial charge in [0.15, 0.2) is 6.04 Å². The fourth-order valence-electron chi connectivity index (χ4n) is 1.44. The number of aliphatic carboxylic acids is 1. The van der Waals surface area contributed by atoms with Crippen LogP contribution in [0, 0.1) is 0 Å². The SMILES string of the molecule is COCC(Nc1nnc2ccccc2n1)C(=O)O. The first-order chi connectivity index (χ1) is 8.70. The van der Waals surface area contributed by atoms with Crippen LogP contribution in [0.15, 0.2) is 24.3 Å². The van der Waals surface area contributed by atoms with E-state index in [-0.39, 0.29) is 12.6 Å². The van der Waals surface area contributed by atoms with Crippen molar-refractivity contribution in [2.75, 3.05) is 19.0 Å². The van der Waals surface area contributed by atoms with Crippen LogP contribution in [0.25, 0.3) is 11.0 Å². The van der Waals surface area contributed by atoms with E-state index in [4.69, 9.17) is 9.84 Å². The molecule has 2 N–H and O–H groups in total. The van der Waals surface area contributed by atoms with Crippen LogP contribution in [0.3, 0.4) is 0 Å². The van der Waals surface area contributed by atoms with Gasteiger partial charge in [0.25, 0.3) is 0 Å². The molecule has 1 aromatic heterocycles. The average Bonchev–Trinajstić information content (AvgIpc) is 2.38. The predicted octanol–water partition coefficient (Wildman–Crippen LogP) is 0.536. The largest absolute Gasteiger partial charge is 0.480 e. The monoisotopic (exact) mass is 248 g/mol. The minimum atomic E-state index is -1.03. The molecule has 0 aliphatic rings. The molecule has 0 saturated heterocycles. The number of hydrogen-bond donors (Lipinski definition) is 2. The summed E-state index contributed by atoms with van der Waals surface area (Å²) in [4.78, 5) is 15.1. The molecule has 7 heteroatoms. The molecule has 0 fully saturated rings. The van der Waals surface area contributed by atoms with Gasteiger partial charge in [0.1, 0.15) is 5.52 Å². The van der Waals surface area contributed by atoms with E-state index in [0.29, 0.717) is 11.0 Å². The van der Waals surface area contributed by atoms with Crippen molar-refractivity contribution in [2.45, 2.75) is 6.04 Å². The van der Waals surface area contributed by atoms with E-state index in [9.17, 15) is 4.79 Å². The van der Waals surface area contributed by atoms with Crippen LogP contribution < -0.4 is 5.32 Å². The van der Waals surface area contributed by atoms with E-state index in [2.05, 4.69) is 20.5 Å². The number of carboxylic acids is 1.